The summed E-state index contributed by atoms with van der Waals surface area (Å²) in [6.07, 6.45) is -0.532. The molecular formula is C20H23NO4. The van der Waals surface area contributed by atoms with Gasteiger partial charge in [-0.3, -0.25) is 4.79 Å². The number of aliphatic carboxylic acids is 1. The van der Waals surface area contributed by atoms with E-state index < -0.39 is 18.0 Å². The Bertz CT molecular complexity index is 687. The van der Waals surface area contributed by atoms with Crippen LogP contribution in [0.5, 0.6) is 0 Å². The van der Waals surface area contributed by atoms with Gasteiger partial charge in [0, 0.05) is 13.6 Å². The summed E-state index contributed by atoms with van der Waals surface area (Å²) in [5, 5.41) is 9.56. The molecule has 2 atom stereocenters. The highest BCUT2D eigenvalue weighted by Crippen LogP contribution is 2.25. The van der Waals surface area contributed by atoms with Crippen LogP contribution in [0.4, 0.5) is 4.79 Å². The Balaban J connectivity index is 1.96. The molecule has 0 bridgehead atoms. The molecule has 2 aromatic rings. The molecule has 5 nitrogen and oxygen atoms in total. The molecule has 25 heavy (non-hydrogen) atoms. The molecule has 2 unspecified atom stereocenters. The number of carboxylic acid groups (broad SMARTS) is 1. The van der Waals surface area contributed by atoms with Crippen LogP contribution in [0.2, 0.25) is 0 Å². The molecule has 5 heteroatoms. The number of carbonyl (C=O) groups excluding carboxylic acids is 1. The molecule has 2 rings (SSSR count). The lowest BCUT2D eigenvalue weighted by Crippen LogP contribution is -2.37. The van der Waals surface area contributed by atoms with Gasteiger partial charge in [-0.15, -0.1) is 0 Å². The van der Waals surface area contributed by atoms with Crippen molar-refractivity contribution >= 4 is 12.1 Å². The maximum atomic E-state index is 12.1. The van der Waals surface area contributed by atoms with Crippen LogP contribution in [0.3, 0.4) is 0 Å². The van der Waals surface area contributed by atoms with Gasteiger partial charge >= 0.3 is 12.1 Å². The van der Waals surface area contributed by atoms with Crippen molar-refractivity contribution in [2.24, 2.45) is 5.92 Å². The molecule has 0 heterocycles. The van der Waals surface area contributed by atoms with Crippen LogP contribution in [0, 0.1) is 5.92 Å². The van der Waals surface area contributed by atoms with E-state index in [1.807, 2.05) is 67.6 Å². The summed E-state index contributed by atoms with van der Waals surface area (Å²) in [4.78, 5) is 25.1. The quantitative estimate of drug-likeness (QED) is 0.833. The molecule has 0 fully saturated rings. The first-order chi connectivity index (χ1) is 12.0. The van der Waals surface area contributed by atoms with E-state index >= 15 is 0 Å². The average Bonchev–Trinajstić information content (AvgIpc) is 2.64. The van der Waals surface area contributed by atoms with E-state index in [1.54, 1.807) is 7.05 Å². The molecule has 0 radical (unpaired) electrons. The van der Waals surface area contributed by atoms with Crippen LogP contribution in [-0.2, 0) is 16.1 Å². The Morgan fingerprint density at radius 1 is 1.04 bits per heavy atom. The fourth-order valence-corrected chi connectivity index (χ4v) is 2.64. The lowest BCUT2D eigenvalue weighted by molar-refractivity contribution is -0.142. The van der Waals surface area contributed by atoms with Crippen molar-refractivity contribution in [3.8, 4) is 0 Å². The summed E-state index contributed by atoms with van der Waals surface area (Å²) in [5.74, 6) is -1.86. The second-order valence-corrected chi connectivity index (χ2v) is 6.06. The van der Waals surface area contributed by atoms with Gasteiger partial charge in [0.2, 0.25) is 0 Å². The molecule has 1 N–H and O–H groups in total. The van der Waals surface area contributed by atoms with Crippen LogP contribution in [0.15, 0.2) is 60.7 Å². The first-order valence-electron chi connectivity index (χ1n) is 8.18. The molecule has 0 aliphatic heterocycles. The maximum absolute atomic E-state index is 12.1. The Kier molecular flexibility index (Phi) is 6.57. The van der Waals surface area contributed by atoms with E-state index in [0.717, 1.165) is 11.1 Å². The minimum atomic E-state index is -0.931. The predicted octanol–water partition coefficient (Wildman–Crippen LogP) is 3.76. The van der Waals surface area contributed by atoms with Gasteiger partial charge in [-0.2, -0.15) is 0 Å². The molecular weight excluding hydrogens is 318 g/mol. The Labute approximate surface area is 147 Å². The van der Waals surface area contributed by atoms with Crippen molar-refractivity contribution < 1.29 is 19.4 Å². The van der Waals surface area contributed by atoms with Crippen molar-refractivity contribution in [2.75, 3.05) is 13.6 Å². The van der Waals surface area contributed by atoms with Gasteiger partial charge in [0.1, 0.15) is 6.61 Å². The van der Waals surface area contributed by atoms with E-state index in [-0.39, 0.29) is 19.1 Å². The second kappa shape index (κ2) is 8.87. The van der Waals surface area contributed by atoms with Gasteiger partial charge in [-0.25, -0.2) is 4.79 Å². The number of benzene rings is 2. The van der Waals surface area contributed by atoms with Gasteiger partial charge < -0.3 is 14.7 Å². The normalized spacial score (nSPS) is 12.9. The van der Waals surface area contributed by atoms with Crippen LogP contribution in [0.25, 0.3) is 0 Å². The summed E-state index contributed by atoms with van der Waals surface area (Å²) in [6, 6.07) is 18.8. The molecule has 0 aromatic heterocycles. The fourth-order valence-electron chi connectivity index (χ4n) is 2.64. The average molecular weight is 341 g/mol. The summed E-state index contributed by atoms with van der Waals surface area (Å²) in [7, 11) is 1.56. The zero-order valence-corrected chi connectivity index (χ0v) is 14.5. The molecule has 132 valence electrons. The zero-order chi connectivity index (χ0) is 18.2. The minimum Gasteiger partial charge on any atom is -0.481 e. The highest BCUT2D eigenvalue weighted by atomic mass is 16.6. The Morgan fingerprint density at radius 2 is 1.60 bits per heavy atom. The molecule has 1 amide bonds. The van der Waals surface area contributed by atoms with Crippen molar-refractivity contribution in [2.45, 2.75) is 19.4 Å². The van der Waals surface area contributed by atoms with E-state index in [4.69, 9.17) is 4.74 Å². The van der Waals surface area contributed by atoms with E-state index in [2.05, 4.69) is 0 Å². The van der Waals surface area contributed by atoms with Crippen LogP contribution < -0.4 is 0 Å². The van der Waals surface area contributed by atoms with Gasteiger partial charge in [-0.05, 0) is 17.0 Å². The van der Waals surface area contributed by atoms with Gasteiger partial charge in [0.15, 0.2) is 0 Å². The van der Waals surface area contributed by atoms with Crippen molar-refractivity contribution in [3.05, 3.63) is 71.8 Å². The molecule has 2 aromatic carbocycles. The van der Waals surface area contributed by atoms with Crippen LogP contribution in [0.1, 0.15) is 24.0 Å². The van der Waals surface area contributed by atoms with E-state index in [1.165, 1.54) is 4.90 Å². The first kappa shape index (κ1) is 18.5. The standard InChI is InChI=1S/C20H23NO4/c1-15(17-11-7-4-8-12-17)18(19(22)23)13-21(2)20(24)25-14-16-9-5-3-6-10-16/h3-12,15,18H,13-14H2,1-2H3,(H,22,23). The highest BCUT2D eigenvalue weighted by Gasteiger charge is 2.29. The SMILES string of the molecule is CC(c1ccccc1)C(CN(C)C(=O)OCc1ccccc1)C(=O)O. The van der Waals surface area contributed by atoms with Crippen molar-refractivity contribution in [3.63, 3.8) is 0 Å². The fraction of sp³-hybridized carbons (Fsp3) is 0.300. The molecule has 0 spiro atoms. The molecule has 0 saturated carbocycles. The third-order valence-electron chi connectivity index (χ3n) is 4.23. The van der Waals surface area contributed by atoms with Crippen molar-refractivity contribution in [1.82, 2.24) is 4.90 Å². The molecule has 0 aliphatic rings. The predicted molar refractivity (Wildman–Crippen MR) is 95.2 cm³/mol. The lowest BCUT2D eigenvalue weighted by atomic mass is 9.87. The number of nitrogens with zero attached hydrogens (tertiary/aromatic N) is 1. The van der Waals surface area contributed by atoms with Gasteiger partial charge in [-0.1, -0.05) is 67.6 Å². The number of hydrogen-bond donors (Lipinski definition) is 1. The highest BCUT2D eigenvalue weighted by molar-refractivity contribution is 5.73. The number of rotatable bonds is 7. The third-order valence-corrected chi connectivity index (χ3v) is 4.23. The van der Waals surface area contributed by atoms with Crippen molar-refractivity contribution in [1.29, 1.82) is 0 Å². The van der Waals surface area contributed by atoms with E-state index in [0.29, 0.717) is 0 Å². The third kappa shape index (κ3) is 5.35. The Hall–Kier alpha value is -2.82. The van der Waals surface area contributed by atoms with Crippen LogP contribution in [-0.4, -0.2) is 35.7 Å². The lowest BCUT2D eigenvalue weighted by Gasteiger charge is -2.25. The van der Waals surface area contributed by atoms with Crippen LogP contribution >= 0.6 is 0 Å². The monoisotopic (exact) mass is 341 g/mol. The number of carboxylic acids is 1. The number of amides is 1. The molecule has 0 aliphatic carbocycles. The summed E-state index contributed by atoms with van der Waals surface area (Å²) in [6.45, 7) is 2.10. The molecule has 0 saturated heterocycles. The topological polar surface area (TPSA) is 66.8 Å². The Morgan fingerprint density at radius 3 is 2.16 bits per heavy atom. The minimum absolute atomic E-state index is 0.0824. The number of ether oxygens (including phenoxy) is 1. The zero-order valence-electron chi connectivity index (χ0n) is 14.5. The van der Waals surface area contributed by atoms with Gasteiger partial charge in [0.05, 0.1) is 5.92 Å². The number of hydrogen-bond acceptors (Lipinski definition) is 3. The first-order valence-corrected chi connectivity index (χ1v) is 8.18. The smallest absolute Gasteiger partial charge is 0.409 e. The van der Waals surface area contributed by atoms with E-state index in [9.17, 15) is 14.7 Å². The maximum Gasteiger partial charge on any atom is 0.409 e. The second-order valence-electron chi connectivity index (χ2n) is 6.06. The number of carbonyl (C=O) groups is 2. The largest absolute Gasteiger partial charge is 0.481 e. The summed E-state index contributed by atoms with van der Waals surface area (Å²) in [5.41, 5.74) is 1.82. The summed E-state index contributed by atoms with van der Waals surface area (Å²) >= 11 is 0. The van der Waals surface area contributed by atoms with Gasteiger partial charge in [0.25, 0.3) is 0 Å². The summed E-state index contributed by atoms with van der Waals surface area (Å²) < 4.78 is 5.25.